The fourth-order valence-corrected chi connectivity index (χ4v) is 3.66. The Morgan fingerprint density at radius 3 is 2.83 bits per heavy atom. The zero-order chi connectivity index (χ0) is 20.4. The molecule has 1 aliphatic heterocycles. The minimum Gasteiger partial charge on any atom is -0.485 e. The number of aromatic nitrogens is 3. The summed E-state index contributed by atoms with van der Waals surface area (Å²) in [5.41, 5.74) is 0.538. The van der Waals surface area contributed by atoms with Crippen LogP contribution in [0.25, 0.3) is 0 Å². The van der Waals surface area contributed by atoms with Gasteiger partial charge in [0.2, 0.25) is 5.16 Å². The van der Waals surface area contributed by atoms with Gasteiger partial charge in [-0.2, -0.15) is 0 Å². The van der Waals surface area contributed by atoms with Gasteiger partial charge in [0, 0.05) is 18.2 Å². The Bertz CT molecular complexity index is 1090. The molecule has 1 amide bonds. The number of non-ortho nitro benzene ring substituents is 1. The number of nitro benzene ring substituents is 1. The number of hydrogen-bond donors (Lipinski definition) is 0. The summed E-state index contributed by atoms with van der Waals surface area (Å²) >= 11 is 1.24. The lowest BCUT2D eigenvalue weighted by Crippen LogP contribution is -2.45. The average molecular weight is 415 g/mol. The van der Waals surface area contributed by atoms with Gasteiger partial charge in [0.05, 0.1) is 17.2 Å². The van der Waals surface area contributed by atoms with Crippen LogP contribution in [0.3, 0.4) is 0 Å². The summed E-state index contributed by atoms with van der Waals surface area (Å²) in [6.07, 6.45) is 0. The monoisotopic (exact) mass is 415 g/mol. The van der Waals surface area contributed by atoms with Crippen LogP contribution in [-0.2, 0) is 17.9 Å². The van der Waals surface area contributed by atoms with Gasteiger partial charge in [-0.25, -0.2) is 14.1 Å². The number of thioether (sulfide) groups is 1. The van der Waals surface area contributed by atoms with E-state index >= 15 is 0 Å². The smallest absolute Gasteiger partial charge is 0.269 e. The molecule has 0 N–H and O–H groups in total. The van der Waals surface area contributed by atoms with E-state index in [4.69, 9.17) is 4.74 Å². The van der Waals surface area contributed by atoms with E-state index in [2.05, 4.69) is 10.2 Å². The van der Waals surface area contributed by atoms with Crippen LogP contribution < -0.4 is 9.75 Å². The number of halogens is 1. The molecule has 0 saturated carbocycles. The molecule has 0 atom stereocenters. The third kappa shape index (κ3) is 4.04. The van der Waals surface area contributed by atoms with Gasteiger partial charge in [0.25, 0.3) is 11.6 Å². The summed E-state index contributed by atoms with van der Waals surface area (Å²) in [4.78, 5) is 23.1. The van der Waals surface area contributed by atoms with Gasteiger partial charge in [-0.1, -0.05) is 30.0 Å². The molecule has 0 fully saturated rings. The first-order valence-corrected chi connectivity index (χ1v) is 9.49. The van der Waals surface area contributed by atoms with E-state index in [0.29, 0.717) is 22.3 Å². The van der Waals surface area contributed by atoms with Gasteiger partial charge >= 0.3 is 0 Å². The first-order valence-electron chi connectivity index (χ1n) is 8.51. The quantitative estimate of drug-likeness (QED) is 0.450. The Labute approximate surface area is 168 Å². The first-order chi connectivity index (χ1) is 14.0. The predicted octanol–water partition coefficient (Wildman–Crippen LogP) is 2.67. The highest BCUT2D eigenvalue weighted by Gasteiger charge is 2.29. The van der Waals surface area contributed by atoms with Gasteiger partial charge < -0.3 is 4.74 Å². The summed E-state index contributed by atoms with van der Waals surface area (Å²) < 4.78 is 20.5. The molecule has 2 heterocycles. The van der Waals surface area contributed by atoms with Crippen molar-refractivity contribution in [3.8, 4) is 5.75 Å². The van der Waals surface area contributed by atoms with Gasteiger partial charge in [-0.3, -0.25) is 14.9 Å². The molecule has 148 valence electrons. The van der Waals surface area contributed by atoms with Gasteiger partial charge in [0.15, 0.2) is 5.82 Å². The maximum atomic E-state index is 13.3. The fourth-order valence-electron chi connectivity index (χ4n) is 2.84. The molecular formula is C18H14FN5O4S. The summed E-state index contributed by atoms with van der Waals surface area (Å²) in [7, 11) is 0. The maximum Gasteiger partial charge on any atom is 0.269 e. The zero-order valence-corrected chi connectivity index (χ0v) is 15.7. The van der Waals surface area contributed by atoms with E-state index < -0.39 is 10.7 Å². The van der Waals surface area contributed by atoms with E-state index in [1.807, 2.05) is 0 Å². The zero-order valence-electron chi connectivity index (χ0n) is 14.9. The molecule has 29 heavy (non-hydrogen) atoms. The van der Waals surface area contributed by atoms with E-state index in [9.17, 15) is 19.3 Å². The van der Waals surface area contributed by atoms with Crippen molar-refractivity contribution in [2.75, 3.05) is 10.8 Å². The standard InChI is InChI=1S/C18H14FN5O4S/c19-13-4-2-6-15(8-13)28-10-16-20-21-18-23(16)22(17(25)11-29-18)9-12-3-1-5-14(7-12)24(26)27/h1-8H,9-11H2. The van der Waals surface area contributed by atoms with Crippen LogP contribution >= 0.6 is 11.8 Å². The molecule has 9 nitrogen and oxygen atoms in total. The number of nitro groups is 1. The maximum absolute atomic E-state index is 13.3. The molecule has 0 unspecified atom stereocenters. The Hall–Kier alpha value is -3.47. The van der Waals surface area contributed by atoms with Crippen LogP contribution in [0, 0.1) is 15.9 Å². The van der Waals surface area contributed by atoms with Crippen LogP contribution in [0.2, 0.25) is 0 Å². The second-order valence-electron chi connectivity index (χ2n) is 6.12. The minimum atomic E-state index is -0.486. The highest BCUT2D eigenvalue weighted by Crippen LogP contribution is 2.26. The first kappa shape index (κ1) is 18.9. The van der Waals surface area contributed by atoms with E-state index in [0.717, 1.165) is 0 Å². The lowest BCUT2D eigenvalue weighted by molar-refractivity contribution is -0.384. The predicted molar refractivity (Wildman–Crippen MR) is 102 cm³/mol. The topological polar surface area (TPSA) is 103 Å². The molecule has 11 heteroatoms. The van der Waals surface area contributed by atoms with Crippen molar-refractivity contribution in [3.05, 3.63) is 75.9 Å². The van der Waals surface area contributed by atoms with Crippen molar-refractivity contribution in [3.63, 3.8) is 0 Å². The molecular weight excluding hydrogens is 401 g/mol. The Kier molecular flexibility index (Phi) is 5.12. The van der Waals surface area contributed by atoms with Crippen molar-refractivity contribution in [1.29, 1.82) is 0 Å². The molecule has 4 rings (SSSR count). The Morgan fingerprint density at radius 1 is 1.21 bits per heavy atom. The lowest BCUT2D eigenvalue weighted by atomic mass is 10.2. The van der Waals surface area contributed by atoms with Crippen LogP contribution in [0.15, 0.2) is 53.7 Å². The molecule has 0 radical (unpaired) electrons. The highest BCUT2D eigenvalue weighted by atomic mass is 32.2. The molecule has 0 spiro atoms. The number of hydrogen-bond acceptors (Lipinski definition) is 7. The minimum absolute atomic E-state index is 0.0320. The van der Waals surface area contributed by atoms with Gasteiger partial charge in [-0.05, 0) is 17.7 Å². The van der Waals surface area contributed by atoms with Crippen LogP contribution in [0.5, 0.6) is 5.75 Å². The van der Waals surface area contributed by atoms with Crippen molar-refractivity contribution in [1.82, 2.24) is 14.9 Å². The fraction of sp³-hybridized carbons (Fsp3) is 0.167. The summed E-state index contributed by atoms with van der Waals surface area (Å²) in [6, 6.07) is 11.8. The molecule has 3 aromatic rings. The molecule has 1 aliphatic rings. The Morgan fingerprint density at radius 2 is 2.03 bits per heavy atom. The molecule has 2 aromatic carbocycles. The van der Waals surface area contributed by atoms with Gasteiger partial charge in [0.1, 0.15) is 18.2 Å². The number of carbonyl (C=O) groups is 1. The number of benzene rings is 2. The van der Waals surface area contributed by atoms with E-state index in [1.165, 1.54) is 51.8 Å². The van der Waals surface area contributed by atoms with Crippen LogP contribution in [-0.4, -0.2) is 31.5 Å². The van der Waals surface area contributed by atoms with Crippen molar-refractivity contribution < 1.29 is 18.8 Å². The molecule has 0 aliphatic carbocycles. The van der Waals surface area contributed by atoms with E-state index in [-0.39, 0.29) is 30.5 Å². The molecule has 0 saturated heterocycles. The van der Waals surface area contributed by atoms with Crippen LogP contribution in [0.4, 0.5) is 10.1 Å². The lowest BCUT2D eigenvalue weighted by Gasteiger charge is -2.29. The SMILES string of the molecule is O=C1CSc2nnc(COc3cccc(F)c3)n2N1Cc1cccc([N+](=O)[O-])c1. The summed E-state index contributed by atoms with van der Waals surface area (Å²) in [5, 5.41) is 21.1. The van der Waals surface area contributed by atoms with Crippen molar-refractivity contribution >= 4 is 23.4 Å². The number of rotatable bonds is 6. The Balaban J connectivity index is 1.59. The number of ether oxygens (including phenoxy) is 1. The number of carbonyl (C=O) groups excluding carboxylic acids is 1. The third-order valence-corrected chi connectivity index (χ3v) is 5.05. The van der Waals surface area contributed by atoms with Crippen molar-refractivity contribution in [2.24, 2.45) is 0 Å². The largest absolute Gasteiger partial charge is 0.485 e. The second-order valence-corrected chi connectivity index (χ2v) is 7.07. The van der Waals surface area contributed by atoms with Crippen molar-refractivity contribution in [2.45, 2.75) is 18.3 Å². The molecule has 1 aromatic heterocycles. The number of amides is 1. The molecule has 0 bridgehead atoms. The summed E-state index contributed by atoms with van der Waals surface area (Å²) in [5.74, 6) is 0.236. The van der Waals surface area contributed by atoms with Gasteiger partial charge in [-0.15, -0.1) is 10.2 Å². The highest BCUT2D eigenvalue weighted by molar-refractivity contribution is 7.99. The number of nitrogens with zero attached hydrogens (tertiary/aromatic N) is 5. The summed E-state index contributed by atoms with van der Waals surface area (Å²) in [6.45, 7) is 0.0782. The second kappa shape index (κ2) is 7.87. The van der Waals surface area contributed by atoms with E-state index in [1.54, 1.807) is 18.2 Å². The van der Waals surface area contributed by atoms with Crippen LogP contribution in [0.1, 0.15) is 11.4 Å². The third-order valence-electron chi connectivity index (χ3n) is 4.15. The average Bonchev–Trinajstić information content (AvgIpc) is 3.12. The number of fused-ring (bicyclic) bond motifs is 1. The normalized spacial score (nSPS) is 13.3.